The summed E-state index contributed by atoms with van der Waals surface area (Å²) < 4.78 is 5.92. The summed E-state index contributed by atoms with van der Waals surface area (Å²) in [5, 5.41) is 2.98. The number of carbonyl (C=O) groups excluding carboxylic acids is 2. The monoisotopic (exact) mass is 508 g/mol. The third-order valence-electron chi connectivity index (χ3n) is 6.39. The lowest BCUT2D eigenvalue weighted by molar-refractivity contribution is -0.116. The molecule has 2 amide bonds. The van der Waals surface area contributed by atoms with Crippen molar-refractivity contribution in [1.82, 2.24) is 20.3 Å². The van der Waals surface area contributed by atoms with Gasteiger partial charge in [0.15, 0.2) is 5.82 Å². The molecular weight excluding hydrogens is 480 g/mol. The van der Waals surface area contributed by atoms with Crippen molar-refractivity contribution in [3.05, 3.63) is 66.0 Å². The zero-order valence-electron chi connectivity index (χ0n) is 21.2. The number of amides is 2. The number of hydrogen-bond donors (Lipinski definition) is 3. The lowest BCUT2D eigenvalue weighted by Gasteiger charge is -2.34. The van der Waals surface area contributed by atoms with E-state index in [-0.39, 0.29) is 17.5 Å². The maximum atomic E-state index is 12.7. The third kappa shape index (κ3) is 5.15. The average Bonchev–Trinajstić information content (AvgIpc) is 3.29. The van der Waals surface area contributed by atoms with Crippen LogP contribution in [0.25, 0.3) is 22.3 Å². The molecule has 5 rings (SSSR count). The van der Waals surface area contributed by atoms with E-state index < -0.39 is 5.91 Å². The number of fused-ring (bicyclic) bond motifs is 1. The van der Waals surface area contributed by atoms with E-state index in [2.05, 4.69) is 32.0 Å². The molecule has 38 heavy (non-hydrogen) atoms. The molecule has 2 aromatic heterocycles. The number of H-pyrrole nitrogens is 1. The summed E-state index contributed by atoms with van der Waals surface area (Å²) in [7, 11) is 0. The van der Waals surface area contributed by atoms with Gasteiger partial charge in [-0.05, 0) is 69.0 Å². The number of aryl methyl sites for hydroxylation is 1. The standard InChI is InChI=1S/C29H28N6O3/c1-3-8-23(36)33-20-9-7-16-35(17-20)29-27-26(31-18(2)32-27)24(28(30)37)25(34-29)19-12-14-22(15-13-19)38-21-10-5-4-6-11-21/h4-6,10-15,20H,7,9,16-17H2,1-2H3,(H2,30,37)(H,31,32)(H,33,36)/t20-/m0/s1. The molecule has 0 bridgehead atoms. The van der Waals surface area contributed by atoms with Crippen molar-refractivity contribution >= 4 is 28.7 Å². The zero-order valence-corrected chi connectivity index (χ0v) is 21.2. The minimum atomic E-state index is -0.598. The minimum Gasteiger partial charge on any atom is -0.457 e. The molecule has 1 aliphatic rings. The van der Waals surface area contributed by atoms with Gasteiger partial charge in [-0.15, -0.1) is 0 Å². The number of benzene rings is 2. The van der Waals surface area contributed by atoms with Gasteiger partial charge in [0.1, 0.15) is 22.8 Å². The number of nitrogens with zero attached hydrogens (tertiary/aromatic N) is 3. The van der Waals surface area contributed by atoms with Crippen molar-refractivity contribution in [2.24, 2.45) is 5.73 Å². The van der Waals surface area contributed by atoms with Crippen LogP contribution >= 0.6 is 0 Å². The maximum absolute atomic E-state index is 12.7. The fourth-order valence-electron chi connectivity index (χ4n) is 4.76. The van der Waals surface area contributed by atoms with Crippen molar-refractivity contribution < 1.29 is 14.3 Å². The highest BCUT2D eigenvalue weighted by Crippen LogP contribution is 2.35. The van der Waals surface area contributed by atoms with Gasteiger partial charge in [0.25, 0.3) is 11.8 Å². The lowest BCUT2D eigenvalue weighted by atomic mass is 10.0. The van der Waals surface area contributed by atoms with Crippen molar-refractivity contribution in [3.63, 3.8) is 0 Å². The Hall–Kier alpha value is -4.84. The Bertz CT molecular complexity index is 1550. The lowest BCUT2D eigenvalue weighted by Crippen LogP contribution is -2.48. The molecule has 0 radical (unpaired) electrons. The van der Waals surface area contributed by atoms with Crippen LogP contribution in [0.3, 0.4) is 0 Å². The van der Waals surface area contributed by atoms with Crippen LogP contribution in [-0.4, -0.2) is 45.9 Å². The molecule has 192 valence electrons. The van der Waals surface area contributed by atoms with E-state index in [1.54, 1.807) is 6.92 Å². The van der Waals surface area contributed by atoms with Gasteiger partial charge < -0.3 is 25.7 Å². The van der Waals surface area contributed by atoms with E-state index in [1.807, 2.05) is 61.5 Å². The normalized spacial score (nSPS) is 15.0. The number of anilines is 1. The first kappa shape index (κ1) is 24.8. The number of para-hydroxylation sites is 1. The number of aromatic amines is 1. The number of piperidine rings is 1. The average molecular weight is 509 g/mol. The van der Waals surface area contributed by atoms with Crippen LogP contribution in [-0.2, 0) is 4.79 Å². The van der Waals surface area contributed by atoms with Gasteiger partial charge in [-0.3, -0.25) is 9.59 Å². The van der Waals surface area contributed by atoms with Crippen LogP contribution in [0.5, 0.6) is 11.5 Å². The van der Waals surface area contributed by atoms with E-state index in [4.69, 9.17) is 15.5 Å². The number of aromatic nitrogens is 3. The van der Waals surface area contributed by atoms with E-state index in [0.717, 1.165) is 30.7 Å². The molecule has 4 aromatic rings. The second-order valence-corrected chi connectivity index (χ2v) is 9.14. The van der Waals surface area contributed by atoms with Gasteiger partial charge >= 0.3 is 0 Å². The largest absolute Gasteiger partial charge is 0.457 e. The van der Waals surface area contributed by atoms with Crippen LogP contribution in [0, 0.1) is 18.8 Å². The summed E-state index contributed by atoms with van der Waals surface area (Å²) in [6, 6.07) is 16.8. The Morgan fingerprint density at radius 2 is 1.84 bits per heavy atom. The Labute approximate surface area is 220 Å². The van der Waals surface area contributed by atoms with Gasteiger partial charge in [0.05, 0.1) is 16.8 Å². The van der Waals surface area contributed by atoms with E-state index >= 15 is 0 Å². The fraction of sp³-hybridized carbons (Fsp3) is 0.241. The summed E-state index contributed by atoms with van der Waals surface area (Å²) >= 11 is 0. The third-order valence-corrected chi connectivity index (χ3v) is 6.39. The number of nitrogens with two attached hydrogens (primary N) is 1. The molecule has 1 fully saturated rings. The molecule has 1 atom stereocenters. The molecular formula is C29H28N6O3. The van der Waals surface area contributed by atoms with E-state index in [0.29, 0.717) is 40.7 Å². The number of carbonyl (C=O) groups is 2. The smallest absolute Gasteiger partial charge is 0.296 e. The van der Waals surface area contributed by atoms with Crippen LogP contribution in [0.4, 0.5) is 5.82 Å². The van der Waals surface area contributed by atoms with Crippen LogP contribution in [0.1, 0.15) is 35.9 Å². The van der Waals surface area contributed by atoms with Crippen LogP contribution < -0.4 is 20.7 Å². The second kappa shape index (κ2) is 10.6. The molecule has 1 aliphatic heterocycles. The predicted molar refractivity (Wildman–Crippen MR) is 146 cm³/mol. The molecule has 0 aliphatic carbocycles. The summed E-state index contributed by atoms with van der Waals surface area (Å²) in [5.41, 5.74) is 8.44. The Kier molecular flexibility index (Phi) is 6.96. The Morgan fingerprint density at radius 3 is 2.55 bits per heavy atom. The highest BCUT2D eigenvalue weighted by Gasteiger charge is 2.28. The summed E-state index contributed by atoms with van der Waals surface area (Å²) in [6.07, 6.45) is 1.70. The molecule has 3 heterocycles. The Morgan fingerprint density at radius 1 is 1.11 bits per heavy atom. The first-order valence-corrected chi connectivity index (χ1v) is 12.4. The van der Waals surface area contributed by atoms with E-state index in [1.165, 1.54) is 0 Å². The molecule has 9 nitrogen and oxygen atoms in total. The zero-order chi connectivity index (χ0) is 26.6. The summed E-state index contributed by atoms with van der Waals surface area (Å²) in [6.45, 7) is 4.74. The Balaban J connectivity index is 1.54. The number of ether oxygens (including phenoxy) is 1. The minimum absolute atomic E-state index is 0.0809. The molecule has 2 aromatic carbocycles. The van der Waals surface area contributed by atoms with Crippen molar-refractivity contribution in [3.8, 4) is 34.6 Å². The quantitative estimate of drug-likeness (QED) is 0.339. The molecule has 0 saturated carbocycles. The number of primary amides is 1. The molecule has 1 saturated heterocycles. The number of nitrogens with one attached hydrogen (secondary N) is 2. The number of rotatable bonds is 6. The number of imidazole rings is 1. The van der Waals surface area contributed by atoms with Crippen LogP contribution in [0.2, 0.25) is 0 Å². The molecule has 4 N–H and O–H groups in total. The summed E-state index contributed by atoms with van der Waals surface area (Å²) in [4.78, 5) is 39.7. The number of pyridine rings is 1. The van der Waals surface area contributed by atoms with Gasteiger partial charge in [-0.25, -0.2) is 9.97 Å². The topological polar surface area (TPSA) is 126 Å². The number of hydrogen-bond acceptors (Lipinski definition) is 6. The van der Waals surface area contributed by atoms with Gasteiger partial charge in [0.2, 0.25) is 0 Å². The SMILES string of the molecule is CC#CC(=O)N[C@H]1CCCN(c2nc(-c3ccc(Oc4ccccc4)cc3)c(C(N)=O)c3[nH]c(C)nc23)C1. The van der Waals surface area contributed by atoms with Gasteiger partial charge in [-0.1, -0.05) is 24.1 Å². The first-order chi connectivity index (χ1) is 18.4. The highest BCUT2D eigenvalue weighted by atomic mass is 16.5. The van der Waals surface area contributed by atoms with Crippen molar-refractivity contribution in [2.75, 3.05) is 18.0 Å². The summed E-state index contributed by atoms with van der Waals surface area (Å²) in [5.74, 6) is 6.94. The van der Waals surface area contributed by atoms with Gasteiger partial charge in [-0.2, -0.15) is 0 Å². The molecule has 0 unspecified atom stereocenters. The first-order valence-electron chi connectivity index (χ1n) is 12.4. The highest BCUT2D eigenvalue weighted by molar-refractivity contribution is 6.11. The molecule has 0 spiro atoms. The van der Waals surface area contributed by atoms with Crippen molar-refractivity contribution in [2.45, 2.75) is 32.7 Å². The predicted octanol–water partition coefficient (Wildman–Crippen LogP) is 3.93. The molecule has 9 heteroatoms. The maximum Gasteiger partial charge on any atom is 0.296 e. The van der Waals surface area contributed by atoms with Crippen molar-refractivity contribution in [1.29, 1.82) is 0 Å². The fourth-order valence-corrected chi connectivity index (χ4v) is 4.76. The van der Waals surface area contributed by atoms with Crippen LogP contribution in [0.15, 0.2) is 54.6 Å². The second-order valence-electron chi connectivity index (χ2n) is 9.14. The van der Waals surface area contributed by atoms with Gasteiger partial charge in [0, 0.05) is 24.7 Å². The van der Waals surface area contributed by atoms with E-state index in [9.17, 15) is 9.59 Å².